The Hall–Kier alpha value is -2.92. The Labute approximate surface area is 189 Å². The quantitative estimate of drug-likeness (QED) is 0.580. The average molecular weight is 479 g/mol. The van der Waals surface area contributed by atoms with E-state index in [4.69, 9.17) is 0 Å². The van der Waals surface area contributed by atoms with Crippen molar-refractivity contribution in [2.75, 3.05) is 16.8 Å². The van der Waals surface area contributed by atoms with E-state index in [0.717, 1.165) is 0 Å². The van der Waals surface area contributed by atoms with Crippen LogP contribution in [0.5, 0.6) is 0 Å². The summed E-state index contributed by atoms with van der Waals surface area (Å²) in [7, 11) is -1.71. The Balaban J connectivity index is 1.76. The number of benzene rings is 1. The molecule has 0 bridgehead atoms. The average Bonchev–Trinajstić information content (AvgIpc) is 2.78. The van der Waals surface area contributed by atoms with Gasteiger partial charge in [0, 0.05) is 23.6 Å². The predicted molar refractivity (Wildman–Crippen MR) is 120 cm³/mol. The molecule has 2 aromatic heterocycles. The van der Waals surface area contributed by atoms with Crippen molar-refractivity contribution >= 4 is 26.6 Å². The van der Waals surface area contributed by atoms with Crippen molar-refractivity contribution in [1.29, 1.82) is 0 Å². The zero-order valence-electron chi connectivity index (χ0n) is 18.1. The highest BCUT2D eigenvalue weighted by Gasteiger charge is 2.39. The number of alkyl halides is 2. The van der Waals surface area contributed by atoms with Crippen LogP contribution in [0, 0.1) is 0 Å². The third-order valence-electron chi connectivity index (χ3n) is 6.22. The van der Waals surface area contributed by atoms with E-state index < -0.39 is 33.5 Å². The number of anilines is 1. The van der Waals surface area contributed by atoms with Gasteiger partial charge in [0.2, 0.25) is 0 Å². The lowest BCUT2D eigenvalue weighted by Gasteiger charge is -2.32. The van der Waals surface area contributed by atoms with Crippen molar-refractivity contribution in [1.82, 2.24) is 14.8 Å². The Morgan fingerprint density at radius 3 is 2.52 bits per heavy atom. The van der Waals surface area contributed by atoms with Crippen LogP contribution in [0.2, 0.25) is 0 Å². The molecule has 1 atom stereocenters. The molecule has 0 aliphatic carbocycles. The molecule has 0 radical (unpaired) electrons. The number of pyridine rings is 1. The number of nitrogens with one attached hydrogen (secondary N) is 1. The molecule has 0 unspecified atom stereocenters. The second kappa shape index (κ2) is 8.45. The Kier molecular flexibility index (Phi) is 5.95. The third-order valence-corrected chi connectivity index (χ3v) is 7.88. The smallest absolute Gasteiger partial charge is 0.263 e. The number of aliphatic hydroxyl groups is 1. The van der Waals surface area contributed by atoms with Crippen molar-refractivity contribution in [3.8, 4) is 0 Å². The van der Waals surface area contributed by atoms with Crippen molar-refractivity contribution in [2.45, 2.75) is 37.8 Å². The summed E-state index contributed by atoms with van der Waals surface area (Å²) in [4.78, 5) is 13.0. The van der Waals surface area contributed by atoms with Gasteiger partial charge in [-0.15, -0.1) is 5.10 Å². The zero-order valence-corrected chi connectivity index (χ0v) is 18.9. The van der Waals surface area contributed by atoms with Gasteiger partial charge in [-0.05, 0) is 37.5 Å². The lowest BCUT2D eigenvalue weighted by Crippen LogP contribution is -2.41. The summed E-state index contributed by atoms with van der Waals surface area (Å²) in [6.45, 7) is 1.79. The van der Waals surface area contributed by atoms with Crippen molar-refractivity contribution in [3.05, 3.63) is 63.6 Å². The summed E-state index contributed by atoms with van der Waals surface area (Å²) in [5.74, 6) is -0.101. The molecule has 176 valence electrons. The molecule has 1 aliphatic rings. The van der Waals surface area contributed by atoms with Gasteiger partial charge < -0.3 is 15.0 Å². The fourth-order valence-corrected chi connectivity index (χ4v) is 5.63. The summed E-state index contributed by atoms with van der Waals surface area (Å²) in [6.07, 6.45) is -1.32. The molecule has 33 heavy (non-hydrogen) atoms. The van der Waals surface area contributed by atoms with Crippen molar-refractivity contribution < 1.29 is 22.3 Å². The summed E-state index contributed by atoms with van der Waals surface area (Å²) >= 11 is 0. The number of rotatable bonds is 5. The number of halogens is 2. The highest BCUT2D eigenvalue weighted by atomic mass is 32.2. The molecule has 1 saturated heterocycles. The SMILES string of the molecule is C[C@@H](Nc1nncc2c1cc(C1(O)CCS(=O)(=O)CC1)c(=O)n2C)c1cccc(C(F)F)c1. The number of hydrogen-bond donors (Lipinski definition) is 2. The fraction of sp³-hybridized carbons (Fsp3) is 0.409. The van der Waals surface area contributed by atoms with Gasteiger partial charge >= 0.3 is 0 Å². The van der Waals surface area contributed by atoms with Gasteiger partial charge in [-0.3, -0.25) is 4.79 Å². The number of nitrogens with zero attached hydrogens (tertiary/aromatic N) is 3. The summed E-state index contributed by atoms with van der Waals surface area (Å²) < 4.78 is 51.2. The monoisotopic (exact) mass is 478 g/mol. The van der Waals surface area contributed by atoms with Gasteiger partial charge in [-0.1, -0.05) is 18.2 Å². The van der Waals surface area contributed by atoms with Crippen molar-refractivity contribution in [3.63, 3.8) is 0 Å². The Morgan fingerprint density at radius 1 is 1.18 bits per heavy atom. The van der Waals surface area contributed by atoms with Crippen LogP contribution >= 0.6 is 0 Å². The minimum atomic E-state index is -3.25. The van der Waals surface area contributed by atoms with Gasteiger partial charge in [0.05, 0.1) is 34.9 Å². The molecule has 1 aromatic carbocycles. The molecule has 3 heterocycles. The zero-order chi connectivity index (χ0) is 24.0. The maximum atomic E-state index is 13.1. The lowest BCUT2D eigenvalue weighted by atomic mass is 9.88. The van der Waals surface area contributed by atoms with E-state index in [-0.39, 0.29) is 35.5 Å². The first-order valence-electron chi connectivity index (χ1n) is 10.4. The molecule has 2 N–H and O–H groups in total. The molecule has 0 spiro atoms. The van der Waals surface area contributed by atoms with E-state index in [1.54, 1.807) is 19.1 Å². The maximum Gasteiger partial charge on any atom is 0.263 e. The first-order valence-corrected chi connectivity index (χ1v) is 12.3. The molecule has 3 aromatic rings. The first kappa shape index (κ1) is 23.2. The van der Waals surface area contributed by atoms with Crippen LogP contribution in [0.15, 0.2) is 41.3 Å². The van der Waals surface area contributed by atoms with E-state index in [1.807, 2.05) is 0 Å². The van der Waals surface area contributed by atoms with E-state index in [2.05, 4.69) is 15.5 Å². The second-order valence-electron chi connectivity index (χ2n) is 8.43. The molecule has 4 rings (SSSR count). The minimum Gasteiger partial charge on any atom is -0.385 e. The van der Waals surface area contributed by atoms with Gasteiger partial charge in [-0.2, -0.15) is 5.10 Å². The highest BCUT2D eigenvalue weighted by Crippen LogP contribution is 2.34. The topological polar surface area (TPSA) is 114 Å². The van der Waals surface area contributed by atoms with Crippen LogP contribution < -0.4 is 10.9 Å². The molecule has 1 aliphatic heterocycles. The largest absolute Gasteiger partial charge is 0.385 e. The second-order valence-corrected chi connectivity index (χ2v) is 10.7. The summed E-state index contributed by atoms with van der Waals surface area (Å²) in [5, 5.41) is 22.9. The number of hydrogen-bond acceptors (Lipinski definition) is 7. The number of aromatic nitrogens is 3. The summed E-state index contributed by atoms with van der Waals surface area (Å²) in [6, 6.07) is 7.15. The van der Waals surface area contributed by atoms with E-state index >= 15 is 0 Å². The molecule has 1 fully saturated rings. The fourth-order valence-electron chi connectivity index (χ4n) is 4.13. The molecule has 8 nitrogen and oxygen atoms in total. The standard InChI is InChI=1S/C22H24F2N4O4S/c1-13(14-4-3-5-15(10-14)19(23)24)26-20-16-11-17(21(29)28(2)18(16)12-25-27-20)22(30)6-8-33(31,32)9-7-22/h3-5,10-13,19,30H,6-9H2,1-2H3,(H,26,27)/t13-/m1/s1. The van der Waals surface area contributed by atoms with Crippen LogP contribution in [-0.4, -0.2) is 39.8 Å². The van der Waals surface area contributed by atoms with Crippen LogP contribution in [0.3, 0.4) is 0 Å². The molecule has 0 saturated carbocycles. The normalized spacial score (nSPS) is 18.4. The van der Waals surface area contributed by atoms with Crippen LogP contribution in [0.1, 0.15) is 48.9 Å². The first-order chi connectivity index (χ1) is 15.5. The van der Waals surface area contributed by atoms with Gasteiger partial charge in [0.25, 0.3) is 12.0 Å². The third kappa shape index (κ3) is 4.47. The Bertz CT molecular complexity index is 1360. The Morgan fingerprint density at radius 2 is 1.85 bits per heavy atom. The molecule has 0 amide bonds. The van der Waals surface area contributed by atoms with E-state index in [1.165, 1.54) is 36.0 Å². The van der Waals surface area contributed by atoms with Crippen LogP contribution in [0.25, 0.3) is 10.9 Å². The van der Waals surface area contributed by atoms with E-state index in [9.17, 15) is 27.1 Å². The van der Waals surface area contributed by atoms with Gasteiger partial charge in [0.15, 0.2) is 15.7 Å². The number of sulfone groups is 1. The van der Waals surface area contributed by atoms with Crippen LogP contribution in [0.4, 0.5) is 14.6 Å². The minimum absolute atomic E-state index is 0.0752. The summed E-state index contributed by atoms with van der Waals surface area (Å²) in [5.41, 5.74) is -0.942. The maximum absolute atomic E-state index is 13.1. The molecular weight excluding hydrogens is 454 g/mol. The van der Waals surface area contributed by atoms with Gasteiger partial charge in [-0.25, -0.2) is 17.2 Å². The van der Waals surface area contributed by atoms with E-state index in [0.29, 0.717) is 22.3 Å². The van der Waals surface area contributed by atoms with Gasteiger partial charge in [0.1, 0.15) is 0 Å². The molecule has 11 heteroatoms. The number of fused-ring (bicyclic) bond motifs is 1. The predicted octanol–water partition coefficient (Wildman–Crippen LogP) is 2.84. The highest BCUT2D eigenvalue weighted by molar-refractivity contribution is 7.91. The lowest BCUT2D eigenvalue weighted by molar-refractivity contribution is 0.0248. The molecular formula is C22H24F2N4O4S. The van der Waals surface area contributed by atoms with Crippen LogP contribution in [-0.2, 0) is 22.5 Å². The number of aryl methyl sites for hydroxylation is 1. The van der Waals surface area contributed by atoms with Crippen molar-refractivity contribution in [2.24, 2.45) is 7.05 Å².